The van der Waals surface area contributed by atoms with Crippen LogP contribution in [0.2, 0.25) is 13.1 Å². The Bertz CT molecular complexity index is 683. The van der Waals surface area contributed by atoms with Crippen molar-refractivity contribution in [3.05, 3.63) is 54.6 Å². The van der Waals surface area contributed by atoms with E-state index in [1.54, 1.807) is 5.19 Å². The van der Waals surface area contributed by atoms with Crippen molar-refractivity contribution in [2.24, 2.45) is 0 Å². The van der Waals surface area contributed by atoms with E-state index in [0.717, 1.165) is 0 Å². The minimum Gasteiger partial charge on any atom is -0.0671 e. The Kier molecular flexibility index (Phi) is 2.48. The summed E-state index contributed by atoms with van der Waals surface area (Å²) in [6.45, 7) is 4.71. The normalized spacial score (nSPS) is 11.5. The van der Waals surface area contributed by atoms with Gasteiger partial charge in [0.25, 0.3) is 0 Å². The average Bonchev–Trinajstić information content (AvgIpc) is 2.37. The third-order valence-corrected chi connectivity index (χ3v) is 4.84. The van der Waals surface area contributed by atoms with Crippen LogP contribution in [0.25, 0.3) is 21.5 Å². The fourth-order valence-corrected chi connectivity index (χ4v) is 3.66. The number of fused-ring (bicyclic) bond motifs is 3. The molecule has 3 aromatic rings. The molecule has 0 aliphatic heterocycles. The summed E-state index contributed by atoms with van der Waals surface area (Å²) in [5, 5.41) is 7.07. The van der Waals surface area contributed by atoms with E-state index in [2.05, 4.69) is 67.7 Å². The summed E-state index contributed by atoms with van der Waals surface area (Å²) in [5.41, 5.74) is 0. The average molecular weight is 235 g/mol. The zero-order valence-electron chi connectivity index (χ0n) is 10.2. The molecule has 0 fully saturated rings. The van der Waals surface area contributed by atoms with E-state index in [9.17, 15) is 0 Å². The van der Waals surface area contributed by atoms with E-state index in [0.29, 0.717) is 0 Å². The van der Waals surface area contributed by atoms with Crippen molar-refractivity contribution in [2.45, 2.75) is 13.1 Å². The Balaban J connectivity index is 2.48. The van der Waals surface area contributed by atoms with E-state index < -0.39 is 8.80 Å². The third-order valence-electron chi connectivity index (χ3n) is 3.33. The molecule has 0 aliphatic rings. The zero-order chi connectivity index (χ0) is 11.8. The standard InChI is InChI=1S/C16H15Si/c1-17(2)16-9-5-8-14-13-7-4-3-6-12(13)10-11-15(14)16/h3-11H,1-2H3. The molecule has 0 spiro atoms. The lowest BCUT2D eigenvalue weighted by Gasteiger charge is -2.10. The predicted octanol–water partition coefficient (Wildman–Crippen LogP) is 3.95. The van der Waals surface area contributed by atoms with Gasteiger partial charge in [-0.2, -0.15) is 0 Å². The molecule has 0 bridgehead atoms. The van der Waals surface area contributed by atoms with Crippen LogP contribution in [0.4, 0.5) is 0 Å². The molecule has 0 N–H and O–H groups in total. The molecule has 0 heterocycles. The first kappa shape index (κ1) is 10.5. The Morgan fingerprint density at radius 3 is 2.24 bits per heavy atom. The van der Waals surface area contributed by atoms with Crippen LogP contribution in [-0.2, 0) is 0 Å². The second kappa shape index (κ2) is 4.01. The first-order valence-corrected chi connectivity index (χ1v) is 8.48. The molecular formula is C16H15Si. The number of benzene rings is 3. The van der Waals surface area contributed by atoms with Gasteiger partial charge in [0.2, 0.25) is 0 Å². The fourth-order valence-electron chi connectivity index (χ4n) is 2.48. The monoisotopic (exact) mass is 235 g/mol. The summed E-state index contributed by atoms with van der Waals surface area (Å²) in [7, 11) is -0.405. The van der Waals surface area contributed by atoms with Crippen molar-refractivity contribution in [1.29, 1.82) is 0 Å². The predicted molar refractivity (Wildman–Crippen MR) is 78.6 cm³/mol. The molecule has 0 saturated carbocycles. The highest BCUT2D eigenvalue weighted by atomic mass is 28.3. The second-order valence-corrected chi connectivity index (χ2v) is 7.23. The van der Waals surface area contributed by atoms with E-state index in [4.69, 9.17) is 0 Å². The smallest absolute Gasteiger partial charge is 0.0671 e. The molecule has 1 heteroatoms. The van der Waals surface area contributed by atoms with Crippen molar-refractivity contribution in [3.63, 3.8) is 0 Å². The van der Waals surface area contributed by atoms with Gasteiger partial charge in [0.15, 0.2) is 0 Å². The maximum Gasteiger partial charge on any atom is 0.0799 e. The first-order valence-electron chi connectivity index (χ1n) is 5.98. The summed E-state index contributed by atoms with van der Waals surface area (Å²) in [4.78, 5) is 0. The van der Waals surface area contributed by atoms with Crippen molar-refractivity contribution in [3.8, 4) is 0 Å². The summed E-state index contributed by atoms with van der Waals surface area (Å²) in [6.07, 6.45) is 0. The van der Waals surface area contributed by atoms with Gasteiger partial charge in [-0.05, 0) is 21.5 Å². The molecule has 0 nitrogen and oxygen atoms in total. The van der Waals surface area contributed by atoms with Crippen LogP contribution in [0.15, 0.2) is 54.6 Å². The molecule has 0 aliphatic carbocycles. The number of hydrogen-bond donors (Lipinski definition) is 0. The quantitative estimate of drug-likeness (QED) is 0.442. The van der Waals surface area contributed by atoms with Crippen molar-refractivity contribution >= 4 is 35.5 Å². The molecular weight excluding hydrogens is 220 g/mol. The van der Waals surface area contributed by atoms with E-state index >= 15 is 0 Å². The Labute approximate surface area is 104 Å². The van der Waals surface area contributed by atoms with Crippen LogP contribution in [0.3, 0.4) is 0 Å². The van der Waals surface area contributed by atoms with Gasteiger partial charge in [0.1, 0.15) is 0 Å². The molecule has 0 aromatic heterocycles. The maximum atomic E-state index is 2.36. The summed E-state index contributed by atoms with van der Waals surface area (Å²) in [5.74, 6) is 0. The molecule has 0 amide bonds. The molecule has 83 valence electrons. The lowest BCUT2D eigenvalue weighted by atomic mass is 10.0. The summed E-state index contributed by atoms with van der Waals surface area (Å²) >= 11 is 0. The van der Waals surface area contributed by atoms with Crippen molar-refractivity contribution in [2.75, 3.05) is 0 Å². The summed E-state index contributed by atoms with van der Waals surface area (Å²) in [6, 6.07) is 19.9. The molecule has 0 atom stereocenters. The summed E-state index contributed by atoms with van der Waals surface area (Å²) < 4.78 is 0. The van der Waals surface area contributed by atoms with Crippen molar-refractivity contribution in [1.82, 2.24) is 0 Å². The van der Waals surface area contributed by atoms with E-state index in [1.807, 2.05) is 0 Å². The largest absolute Gasteiger partial charge is 0.0799 e. The number of hydrogen-bond acceptors (Lipinski definition) is 0. The molecule has 3 aromatic carbocycles. The van der Waals surface area contributed by atoms with Crippen molar-refractivity contribution < 1.29 is 0 Å². The topological polar surface area (TPSA) is 0 Å². The van der Waals surface area contributed by atoms with Gasteiger partial charge in [-0.1, -0.05) is 72.9 Å². The van der Waals surface area contributed by atoms with Gasteiger partial charge < -0.3 is 0 Å². The zero-order valence-corrected chi connectivity index (χ0v) is 11.2. The second-order valence-electron chi connectivity index (χ2n) is 4.69. The van der Waals surface area contributed by atoms with Crippen LogP contribution >= 0.6 is 0 Å². The van der Waals surface area contributed by atoms with Gasteiger partial charge in [-0.25, -0.2) is 0 Å². The first-order chi connectivity index (χ1) is 8.27. The van der Waals surface area contributed by atoms with Gasteiger partial charge in [0.05, 0.1) is 8.80 Å². The molecule has 1 radical (unpaired) electrons. The van der Waals surface area contributed by atoms with E-state index in [-0.39, 0.29) is 0 Å². The van der Waals surface area contributed by atoms with Gasteiger partial charge in [0, 0.05) is 0 Å². The van der Waals surface area contributed by atoms with Gasteiger partial charge in [-0.3, -0.25) is 0 Å². The van der Waals surface area contributed by atoms with Crippen LogP contribution in [0.1, 0.15) is 0 Å². The molecule has 17 heavy (non-hydrogen) atoms. The molecule has 0 unspecified atom stereocenters. The lowest BCUT2D eigenvalue weighted by molar-refractivity contribution is 1.77. The lowest BCUT2D eigenvalue weighted by Crippen LogP contribution is -2.23. The minimum absolute atomic E-state index is 0.405. The SMILES string of the molecule is C[Si](C)c1cccc2c1ccc1ccccc12. The Hall–Kier alpha value is -1.60. The maximum absolute atomic E-state index is 2.36. The fraction of sp³-hybridized carbons (Fsp3) is 0.125. The van der Waals surface area contributed by atoms with E-state index in [1.165, 1.54) is 21.5 Å². The van der Waals surface area contributed by atoms with Crippen LogP contribution in [-0.4, -0.2) is 8.80 Å². The highest BCUT2D eigenvalue weighted by Gasteiger charge is 2.07. The van der Waals surface area contributed by atoms with Gasteiger partial charge >= 0.3 is 0 Å². The van der Waals surface area contributed by atoms with Crippen LogP contribution in [0, 0.1) is 0 Å². The number of rotatable bonds is 1. The molecule has 0 saturated heterocycles. The third kappa shape index (κ3) is 1.67. The molecule has 3 rings (SSSR count). The van der Waals surface area contributed by atoms with Crippen LogP contribution in [0.5, 0.6) is 0 Å². The highest BCUT2D eigenvalue weighted by Crippen LogP contribution is 2.24. The minimum atomic E-state index is -0.405. The Morgan fingerprint density at radius 2 is 1.41 bits per heavy atom. The van der Waals surface area contributed by atoms with Gasteiger partial charge in [-0.15, -0.1) is 0 Å². The van der Waals surface area contributed by atoms with Crippen LogP contribution < -0.4 is 5.19 Å². The Morgan fingerprint density at radius 1 is 0.647 bits per heavy atom. The highest BCUT2D eigenvalue weighted by molar-refractivity contribution is 6.73.